The average Bonchev–Trinajstić information content (AvgIpc) is 2.75. The van der Waals surface area contributed by atoms with Gasteiger partial charge in [0.05, 0.1) is 11.7 Å². The number of amides is 1. The maximum Gasteiger partial charge on any atom is 0.265 e. The van der Waals surface area contributed by atoms with Gasteiger partial charge in [0.1, 0.15) is 5.75 Å². The fraction of sp³-hybridized carbons (Fsp3) is 0.174. The molecule has 146 valence electrons. The molecule has 0 N–H and O–H groups in total. The number of nitrogens with zero attached hydrogens (tertiary/aromatic N) is 2. The largest absolute Gasteiger partial charge is 0.482 e. The molecule has 0 radical (unpaired) electrons. The van der Waals surface area contributed by atoms with E-state index >= 15 is 0 Å². The van der Waals surface area contributed by atoms with Crippen LogP contribution >= 0.6 is 0 Å². The summed E-state index contributed by atoms with van der Waals surface area (Å²) in [7, 11) is 0. The number of fused-ring (bicyclic) bond motifs is 2. The highest BCUT2D eigenvalue weighted by molar-refractivity contribution is 6.03. The van der Waals surface area contributed by atoms with E-state index < -0.39 is 6.04 Å². The summed E-state index contributed by atoms with van der Waals surface area (Å²) in [4.78, 5) is 39.7. The lowest BCUT2D eigenvalue weighted by Gasteiger charge is -2.29. The van der Waals surface area contributed by atoms with Gasteiger partial charge in [-0.2, -0.15) is 0 Å². The van der Waals surface area contributed by atoms with Gasteiger partial charge in [0.25, 0.3) is 11.5 Å². The van der Waals surface area contributed by atoms with Crippen LogP contribution in [0.5, 0.6) is 5.75 Å². The summed E-state index contributed by atoms with van der Waals surface area (Å²) >= 11 is 0. The molecule has 2 heterocycles. The van der Waals surface area contributed by atoms with Gasteiger partial charge in [0, 0.05) is 23.7 Å². The molecular weight excluding hydrogens is 368 g/mol. The van der Waals surface area contributed by atoms with Crippen LogP contribution in [0, 0.1) is 0 Å². The van der Waals surface area contributed by atoms with Crippen molar-refractivity contribution in [2.45, 2.75) is 13.0 Å². The molecule has 1 amide bonds. The van der Waals surface area contributed by atoms with Crippen molar-refractivity contribution >= 4 is 28.2 Å². The van der Waals surface area contributed by atoms with Crippen LogP contribution in [0.25, 0.3) is 10.8 Å². The van der Waals surface area contributed by atoms with Crippen LogP contribution in [-0.4, -0.2) is 29.4 Å². The van der Waals surface area contributed by atoms with E-state index in [-0.39, 0.29) is 23.9 Å². The number of benzene rings is 2. The zero-order valence-corrected chi connectivity index (χ0v) is 16.0. The van der Waals surface area contributed by atoms with E-state index in [1.165, 1.54) is 9.47 Å². The number of pyridine rings is 1. The number of carbonyl (C=O) groups is 2. The van der Waals surface area contributed by atoms with Crippen molar-refractivity contribution < 1.29 is 14.3 Å². The number of carbonyl (C=O) groups excluding carboxylic acids is 2. The SMILES string of the molecule is C=CCN1C(=O)COc2ccc(C(=O)C(C)n3ccc4ccccc4c3=O)cc21. The van der Waals surface area contributed by atoms with E-state index in [1.807, 2.05) is 18.2 Å². The molecule has 4 rings (SSSR count). The van der Waals surface area contributed by atoms with Gasteiger partial charge in [-0.1, -0.05) is 24.3 Å². The molecule has 2 aromatic carbocycles. The first-order chi connectivity index (χ1) is 14.0. The van der Waals surface area contributed by atoms with Crippen LogP contribution in [0.2, 0.25) is 0 Å². The monoisotopic (exact) mass is 388 g/mol. The minimum Gasteiger partial charge on any atom is -0.482 e. The molecule has 0 fully saturated rings. The summed E-state index contributed by atoms with van der Waals surface area (Å²) in [6.45, 7) is 5.66. The Labute approximate surface area is 167 Å². The summed E-state index contributed by atoms with van der Waals surface area (Å²) in [5, 5.41) is 1.40. The maximum atomic E-state index is 13.1. The molecule has 1 unspecified atom stereocenters. The molecule has 0 spiro atoms. The molecule has 29 heavy (non-hydrogen) atoms. The third kappa shape index (κ3) is 3.23. The second-order valence-corrected chi connectivity index (χ2v) is 6.92. The number of anilines is 1. The Morgan fingerprint density at radius 3 is 2.79 bits per heavy atom. The Kier molecular flexibility index (Phi) is 4.76. The average molecular weight is 388 g/mol. The molecule has 1 aromatic heterocycles. The summed E-state index contributed by atoms with van der Waals surface area (Å²) in [6, 6.07) is 13.4. The van der Waals surface area contributed by atoms with Crippen LogP contribution in [-0.2, 0) is 4.79 Å². The zero-order chi connectivity index (χ0) is 20.5. The smallest absolute Gasteiger partial charge is 0.265 e. The van der Waals surface area contributed by atoms with Gasteiger partial charge in [-0.3, -0.25) is 14.4 Å². The van der Waals surface area contributed by atoms with E-state index in [2.05, 4.69) is 6.58 Å². The normalized spacial score (nSPS) is 14.2. The molecule has 1 aliphatic rings. The number of ketones is 1. The van der Waals surface area contributed by atoms with Crippen molar-refractivity contribution in [2.24, 2.45) is 0 Å². The van der Waals surface area contributed by atoms with E-state index in [4.69, 9.17) is 4.74 Å². The van der Waals surface area contributed by atoms with E-state index in [0.29, 0.717) is 28.9 Å². The summed E-state index contributed by atoms with van der Waals surface area (Å²) in [5.41, 5.74) is 0.724. The second kappa shape index (κ2) is 7.39. The summed E-state index contributed by atoms with van der Waals surface area (Å²) in [5.74, 6) is 0.126. The van der Waals surface area contributed by atoms with Gasteiger partial charge in [0.2, 0.25) is 0 Å². The number of ether oxygens (including phenoxy) is 1. The molecule has 0 bridgehead atoms. The van der Waals surface area contributed by atoms with Crippen molar-refractivity contribution in [3.63, 3.8) is 0 Å². The number of Topliss-reactive ketones (excluding diaryl/α,β-unsaturated/α-hetero) is 1. The van der Waals surface area contributed by atoms with Crippen LogP contribution < -0.4 is 15.2 Å². The fourth-order valence-corrected chi connectivity index (χ4v) is 3.56. The Balaban J connectivity index is 1.72. The quantitative estimate of drug-likeness (QED) is 0.497. The first-order valence-corrected chi connectivity index (χ1v) is 9.33. The topological polar surface area (TPSA) is 68.6 Å². The molecular formula is C23H20N2O4. The minimum absolute atomic E-state index is 0.0446. The fourth-order valence-electron chi connectivity index (χ4n) is 3.56. The van der Waals surface area contributed by atoms with Crippen molar-refractivity contribution in [2.75, 3.05) is 18.1 Å². The van der Waals surface area contributed by atoms with Crippen LogP contribution in [0.3, 0.4) is 0 Å². The Bertz CT molecular complexity index is 1190. The predicted molar refractivity (Wildman–Crippen MR) is 112 cm³/mol. The van der Waals surface area contributed by atoms with Gasteiger partial charge in [0.15, 0.2) is 12.4 Å². The van der Waals surface area contributed by atoms with Gasteiger partial charge in [-0.05, 0) is 42.6 Å². The standard InChI is InChI=1S/C23H20N2O4/c1-3-11-25-19-13-17(8-9-20(19)29-14-21(25)26)22(27)15(2)24-12-10-16-6-4-5-7-18(16)23(24)28/h3-10,12-13,15H,1,11,14H2,2H3. The van der Waals surface area contributed by atoms with Gasteiger partial charge >= 0.3 is 0 Å². The number of aromatic nitrogens is 1. The van der Waals surface area contributed by atoms with Gasteiger partial charge in [-0.15, -0.1) is 6.58 Å². The van der Waals surface area contributed by atoms with Crippen LogP contribution in [0.4, 0.5) is 5.69 Å². The first kappa shape index (κ1) is 18.7. The molecule has 1 aliphatic heterocycles. The lowest BCUT2D eigenvalue weighted by Crippen LogP contribution is -2.39. The molecule has 0 aliphatic carbocycles. The third-order valence-electron chi connectivity index (χ3n) is 5.14. The number of rotatable bonds is 5. The molecule has 1 atom stereocenters. The maximum absolute atomic E-state index is 13.1. The number of hydrogen-bond acceptors (Lipinski definition) is 4. The molecule has 0 saturated carbocycles. The molecule has 0 saturated heterocycles. The number of hydrogen-bond donors (Lipinski definition) is 0. The molecule has 6 nitrogen and oxygen atoms in total. The van der Waals surface area contributed by atoms with E-state index in [9.17, 15) is 14.4 Å². The van der Waals surface area contributed by atoms with Gasteiger partial charge < -0.3 is 14.2 Å². The van der Waals surface area contributed by atoms with Gasteiger partial charge in [-0.25, -0.2) is 0 Å². The Morgan fingerprint density at radius 1 is 1.21 bits per heavy atom. The van der Waals surface area contributed by atoms with Crippen molar-refractivity contribution in [1.82, 2.24) is 4.57 Å². The first-order valence-electron chi connectivity index (χ1n) is 9.33. The highest BCUT2D eigenvalue weighted by Gasteiger charge is 2.27. The van der Waals surface area contributed by atoms with E-state index in [1.54, 1.807) is 49.5 Å². The predicted octanol–water partition coefficient (Wildman–Crippen LogP) is 3.36. The van der Waals surface area contributed by atoms with Crippen molar-refractivity contribution in [1.29, 1.82) is 0 Å². The second-order valence-electron chi connectivity index (χ2n) is 6.92. The highest BCUT2D eigenvalue weighted by Crippen LogP contribution is 2.33. The minimum atomic E-state index is -0.696. The van der Waals surface area contributed by atoms with E-state index in [0.717, 1.165) is 5.39 Å². The summed E-state index contributed by atoms with van der Waals surface area (Å²) in [6.07, 6.45) is 3.26. The van der Waals surface area contributed by atoms with Crippen molar-refractivity contribution in [3.8, 4) is 5.75 Å². The summed E-state index contributed by atoms with van der Waals surface area (Å²) < 4.78 is 6.91. The molecule has 6 heteroatoms. The Hall–Kier alpha value is -3.67. The third-order valence-corrected chi connectivity index (χ3v) is 5.14. The van der Waals surface area contributed by atoms with Crippen molar-refractivity contribution in [3.05, 3.63) is 83.3 Å². The lowest BCUT2D eigenvalue weighted by molar-refractivity contribution is -0.121. The highest BCUT2D eigenvalue weighted by atomic mass is 16.5. The molecule has 3 aromatic rings. The lowest BCUT2D eigenvalue weighted by atomic mass is 10.0. The zero-order valence-electron chi connectivity index (χ0n) is 16.0. The van der Waals surface area contributed by atoms with Crippen LogP contribution in [0.15, 0.2) is 72.2 Å². The van der Waals surface area contributed by atoms with Crippen LogP contribution in [0.1, 0.15) is 23.3 Å². The Morgan fingerprint density at radius 2 is 2.00 bits per heavy atom.